The van der Waals surface area contributed by atoms with Crippen LogP contribution >= 0.6 is 11.6 Å². The van der Waals surface area contributed by atoms with E-state index in [2.05, 4.69) is 16.3 Å². The van der Waals surface area contributed by atoms with Crippen molar-refractivity contribution in [2.45, 2.75) is 6.54 Å². The Kier molecular flexibility index (Phi) is 3.83. The van der Waals surface area contributed by atoms with Crippen LogP contribution in [0.4, 0.5) is 11.5 Å². The van der Waals surface area contributed by atoms with Crippen LogP contribution in [0.3, 0.4) is 0 Å². The minimum atomic E-state index is 0.470. The number of nitrogen functional groups attached to an aromatic ring is 1. The highest BCUT2D eigenvalue weighted by Gasteiger charge is 2.11. The molecule has 1 aromatic carbocycles. The molecule has 0 radical (unpaired) electrons. The van der Waals surface area contributed by atoms with Crippen LogP contribution in [0.5, 0.6) is 0 Å². The van der Waals surface area contributed by atoms with Crippen molar-refractivity contribution in [1.82, 2.24) is 10.2 Å². The Morgan fingerprint density at radius 3 is 2.95 bits per heavy atom. The molecular formula is C13H12ClN5. The minimum Gasteiger partial charge on any atom is -0.399 e. The lowest BCUT2D eigenvalue weighted by Gasteiger charge is -2.19. The van der Waals surface area contributed by atoms with Crippen molar-refractivity contribution < 1.29 is 0 Å². The summed E-state index contributed by atoms with van der Waals surface area (Å²) in [5.41, 5.74) is 7.73. The van der Waals surface area contributed by atoms with E-state index in [4.69, 9.17) is 22.6 Å². The second kappa shape index (κ2) is 5.55. The van der Waals surface area contributed by atoms with Gasteiger partial charge in [-0.25, -0.2) is 0 Å². The zero-order chi connectivity index (χ0) is 13.8. The van der Waals surface area contributed by atoms with Crippen molar-refractivity contribution >= 4 is 23.1 Å². The van der Waals surface area contributed by atoms with Gasteiger partial charge in [0.15, 0.2) is 5.82 Å². The molecule has 2 aromatic rings. The van der Waals surface area contributed by atoms with Crippen molar-refractivity contribution in [3.63, 3.8) is 0 Å². The van der Waals surface area contributed by atoms with Gasteiger partial charge in [0.1, 0.15) is 6.07 Å². The number of hydrogen-bond acceptors (Lipinski definition) is 5. The third-order valence-electron chi connectivity index (χ3n) is 2.66. The summed E-state index contributed by atoms with van der Waals surface area (Å²) in [6.07, 6.45) is 1.49. The van der Waals surface area contributed by atoms with E-state index < -0.39 is 0 Å². The summed E-state index contributed by atoms with van der Waals surface area (Å²) >= 11 is 6.12. The van der Waals surface area contributed by atoms with Gasteiger partial charge in [-0.3, -0.25) is 0 Å². The molecule has 6 heteroatoms. The minimum absolute atomic E-state index is 0.470. The summed E-state index contributed by atoms with van der Waals surface area (Å²) in [5.74, 6) is 0.517. The topological polar surface area (TPSA) is 78.8 Å². The van der Waals surface area contributed by atoms with Gasteiger partial charge < -0.3 is 10.6 Å². The van der Waals surface area contributed by atoms with E-state index >= 15 is 0 Å². The van der Waals surface area contributed by atoms with Gasteiger partial charge in [0.2, 0.25) is 0 Å². The molecular weight excluding hydrogens is 262 g/mol. The summed E-state index contributed by atoms with van der Waals surface area (Å²) in [6, 6.07) is 9.01. The SMILES string of the molecule is CN(Cc1cc(N)ccc1Cl)c1nnccc1C#N. The number of nitrogens with zero attached hydrogens (tertiary/aromatic N) is 4. The van der Waals surface area contributed by atoms with Gasteiger partial charge in [0.05, 0.1) is 11.8 Å². The zero-order valence-corrected chi connectivity index (χ0v) is 11.1. The van der Waals surface area contributed by atoms with Crippen LogP contribution in [0.25, 0.3) is 0 Å². The first-order valence-electron chi connectivity index (χ1n) is 5.58. The molecule has 1 aromatic heterocycles. The Hall–Kier alpha value is -2.32. The Labute approximate surface area is 116 Å². The van der Waals surface area contributed by atoms with Gasteiger partial charge in [0, 0.05) is 24.3 Å². The second-order valence-electron chi connectivity index (χ2n) is 4.09. The van der Waals surface area contributed by atoms with E-state index in [1.165, 1.54) is 6.20 Å². The Morgan fingerprint density at radius 2 is 2.21 bits per heavy atom. The van der Waals surface area contributed by atoms with Gasteiger partial charge in [-0.2, -0.15) is 10.4 Å². The lowest BCUT2D eigenvalue weighted by molar-refractivity contribution is 0.863. The van der Waals surface area contributed by atoms with Crippen LogP contribution in [-0.4, -0.2) is 17.2 Å². The van der Waals surface area contributed by atoms with Gasteiger partial charge in [-0.1, -0.05) is 11.6 Å². The monoisotopic (exact) mass is 273 g/mol. The maximum absolute atomic E-state index is 9.04. The van der Waals surface area contributed by atoms with E-state index in [0.717, 1.165) is 5.56 Å². The number of hydrogen-bond donors (Lipinski definition) is 1. The maximum Gasteiger partial charge on any atom is 0.169 e. The lowest BCUT2D eigenvalue weighted by Crippen LogP contribution is -2.19. The molecule has 0 spiro atoms. The van der Waals surface area contributed by atoms with Crippen molar-refractivity contribution in [1.29, 1.82) is 5.26 Å². The van der Waals surface area contributed by atoms with Crippen molar-refractivity contribution in [2.75, 3.05) is 17.7 Å². The molecule has 0 unspecified atom stereocenters. The van der Waals surface area contributed by atoms with Crippen LogP contribution in [0.2, 0.25) is 5.02 Å². The van der Waals surface area contributed by atoms with E-state index in [0.29, 0.717) is 28.6 Å². The number of anilines is 2. The molecule has 0 bridgehead atoms. The van der Waals surface area contributed by atoms with Crippen LogP contribution in [0.15, 0.2) is 30.5 Å². The van der Waals surface area contributed by atoms with Crippen molar-refractivity contribution in [3.8, 4) is 6.07 Å². The molecule has 2 N–H and O–H groups in total. The fraction of sp³-hybridized carbons (Fsp3) is 0.154. The number of aromatic nitrogens is 2. The average Bonchev–Trinajstić information content (AvgIpc) is 2.42. The normalized spacial score (nSPS) is 9.95. The molecule has 0 fully saturated rings. The molecule has 96 valence electrons. The molecule has 0 atom stereocenters. The standard InChI is InChI=1S/C13H12ClN5/c1-19(13-9(7-15)4-5-17-18-13)8-10-6-11(16)2-3-12(10)14/h2-6H,8,16H2,1H3. The molecule has 0 aliphatic rings. The highest BCUT2D eigenvalue weighted by atomic mass is 35.5. The second-order valence-corrected chi connectivity index (χ2v) is 4.49. The summed E-state index contributed by atoms with van der Waals surface area (Å²) in [7, 11) is 1.82. The number of benzene rings is 1. The predicted molar refractivity (Wildman–Crippen MR) is 74.7 cm³/mol. The molecule has 0 saturated carbocycles. The quantitative estimate of drug-likeness (QED) is 0.868. The number of halogens is 1. The molecule has 19 heavy (non-hydrogen) atoms. The third-order valence-corrected chi connectivity index (χ3v) is 3.03. The Balaban J connectivity index is 2.28. The summed E-state index contributed by atoms with van der Waals surface area (Å²) in [4.78, 5) is 1.81. The smallest absolute Gasteiger partial charge is 0.169 e. The zero-order valence-electron chi connectivity index (χ0n) is 10.3. The summed E-state index contributed by atoms with van der Waals surface area (Å²) < 4.78 is 0. The number of nitrogens with two attached hydrogens (primary N) is 1. The fourth-order valence-electron chi connectivity index (χ4n) is 1.74. The largest absolute Gasteiger partial charge is 0.399 e. The molecule has 2 rings (SSSR count). The molecule has 5 nitrogen and oxygen atoms in total. The van der Waals surface area contributed by atoms with E-state index in [1.54, 1.807) is 24.3 Å². The van der Waals surface area contributed by atoms with E-state index in [-0.39, 0.29) is 0 Å². The summed E-state index contributed by atoms with van der Waals surface area (Å²) in [5, 5.41) is 17.4. The van der Waals surface area contributed by atoms with E-state index in [9.17, 15) is 0 Å². The van der Waals surface area contributed by atoms with Crippen molar-refractivity contribution in [2.24, 2.45) is 0 Å². The van der Waals surface area contributed by atoms with Crippen LogP contribution < -0.4 is 10.6 Å². The third kappa shape index (κ3) is 2.92. The van der Waals surface area contributed by atoms with Gasteiger partial charge in [-0.15, -0.1) is 5.10 Å². The molecule has 0 aliphatic carbocycles. The Morgan fingerprint density at radius 1 is 1.42 bits per heavy atom. The predicted octanol–water partition coefficient (Wildman–Crippen LogP) is 2.22. The van der Waals surface area contributed by atoms with Gasteiger partial charge >= 0.3 is 0 Å². The lowest BCUT2D eigenvalue weighted by atomic mass is 10.2. The highest BCUT2D eigenvalue weighted by molar-refractivity contribution is 6.31. The summed E-state index contributed by atoms with van der Waals surface area (Å²) in [6.45, 7) is 0.497. The first-order valence-corrected chi connectivity index (χ1v) is 5.96. The molecule has 0 aliphatic heterocycles. The van der Waals surface area contributed by atoms with Crippen molar-refractivity contribution in [3.05, 3.63) is 46.6 Å². The fourth-order valence-corrected chi connectivity index (χ4v) is 1.92. The maximum atomic E-state index is 9.04. The molecule has 0 saturated heterocycles. The first-order chi connectivity index (χ1) is 9.11. The Bertz CT molecular complexity index is 635. The van der Waals surface area contributed by atoms with Gasteiger partial charge in [0.25, 0.3) is 0 Å². The molecule has 1 heterocycles. The van der Waals surface area contributed by atoms with Crippen LogP contribution in [0, 0.1) is 11.3 Å². The van der Waals surface area contributed by atoms with E-state index in [1.807, 2.05) is 11.9 Å². The van der Waals surface area contributed by atoms with Crippen LogP contribution in [0.1, 0.15) is 11.1 Å². The molecule has 0 amide bonds. The highest BCUT2D eigenvalue weighted by Crippen LogP contribution is 2.23. The van der Waals surface area contributed by atoms with Crippen LogP contribution in [-0.2, 0) is 6.54 Å². The number of rotatable bonds is 3. The van der Waals surface area contributed by atoms with Gasteiger partial charge in [-0.05, 0) is 29.8 Å². The number of nitriles is 1. The average molecular weight is 274 g/mol. The first kappa shape index (κ1) is 13.1.